The molecule has 0 aliphatic heterocycles. The Balaban J connectivity index is -0.000000298. The van der Waals surface area contributed by atoms with Gasteiger partial charge in [-0.3, -0.25) is 42.3 Å². The SMILES string of the molecule is C=S(=O)([O-])CCC[N+](C)(C)CCOC(=O)C(C)(C)C.CC(=O)C[N+](C)(C)CCOC(=O)C(C)(C)C.CC(C)(C)C(=O)NCCC[N+](C)(C)CC(=O)[O-].CC(C)(C)C(=O)NCCC[N+](C)(C)CCCC(=O)[O-].CC(C)(C)C(=O)NCCC[N+](C)(C)CCCS(C)(=O)=O.CC(C)(C)C(=O)OCCOP(=O)([O-])OCC[N+](C)(C)C. The monoisotopic (exact) mass is 1660 g/mol. The molecule has 0 aliphatic carbocycles. The highest BCUT2D eigenvalue weighted by Gasteiger charge is 2.29. The number of ketones is 1. The molecule has 3 N–H and O–H groups in total. The molecule has 0 aromatic rings. The van der Waals surface area contributed by atoms with Gasteiger partial charge in [-0.1, -0.05) is 78.0 Å². The second-order valence-electron chi connectivity index (χ2n) is 39.0. The standard InChI is InChI=1S/C14H30N2O3S.C14H28N2O3.C13H27NO4S.C12H24N2O3.C12H26NO6P.C12H24NO3/c1-14(2,3)13(17)15-9-7-10-16(4,5)11-8-12-20(6,18)19;1-14(2,3)13(19)15-9-7-11-16(4,5)10-6-8-12(17)18;1-13(2,3)12(15)18-10-9-14(4,5)8-7-11-19(6,16)17;1-12(2,3)11(17)13-7-6-8-14(4,5)9-10(15)16;1-12(2,3)11(14)17-9-10-19-20(15,16)18-8-7-13(4,5)6;1-10(14)9-13(5,6)7-8-16-11(15)12(2,3)4/h7-12H2,1-6H3;6-11H2,1-5H3,(H-,15,17,18,19);6-11H2,1-5H3;6-9H2,1-5H3,(H-,13,15,16,17);7-10H2,1-6H3;7-9H2,1-6H3/q;;;;;+1/p+1. The van der Waals surface area contributed by atoms with Crippen LogP contribution in [0.15, 0.2) is 0 Å². The number of ether oxygens (including phenoxy) is 3. The summed E-state index contributed by atoms with van der Waals surface area (Å²) in [6.07, 6.45) is 5.79. The number of phosphoric ester groups is 1. The number of quaternary nitrogens is 6. The van der Waals surface area contributed by atoms with Crippen LogP contribution < -0.4 is 31.1 Å². The number of aliphatic carboxylic acids is 2. The molecule has 3 amide bonds. The summed E-state index contributed by atoms with van der Waals surface area (Å²) in [5, 5.41) is 29.5. The van der Waals surface area contributed by atoms with Gasteiger partial charge in [0.15, 0.2) is 5.78 Å². The predicted octanol–water partition coefficient (Wildman–Crippen LogP) is 3.47. The minimum atomic E-state index is -4.33. The van der Waals surface area contributed by atoms with Crippen LogP contribution in [-0.2, 0) is 90.6 Å². The van der Waals surface area contributed by atoms with Gasteiger partial charge in [0.1, 0.15) is 69.0 Å². The molecule has 111 heavy (non-hydrogen) atoms. The number of hydrogen-bond acceptors (Lipinski definition) is 22. The summed E-state index contributed by atoms with van der Waals surface area (Å²) in [7, 11) is 15.3. The third kappa shape index (κ3) is 80.2. The molecule has 0 aliphatic rings. The Morgan fingerprint density at radius 2 is 0.676 bits per heavy atom. The average Bonchev–Trinajstić information content (AvgIpc) is 0.910. The van der Waals surface area contributed by atoms with Crippen LogP contribution in [0.1, 0.15) is 176 Å². The van der Waals surface area contributed by atoms with Crippen molar-refractivity contribution in [2.24, 2.45) is 32.5 Å². The molecule has 660 valence electrons. The zero-order valence-corrected chi connectivity index (χ0v) is 78.0. The van der Waals surface area contributed by atoms with E-state index in [9.17, 15) is 80.0 Å². The first-order valence-electron chi connectivity index (χ1n) is 38.1. The van der Waals surface area contributed by atoms with Gasteiger partial charge in [-0.2, -0.15) is 0 Å². The van der Waals surface area contributed by atoms with E-state index in [0.29, 0.717) is 109 Å². The van der Waals surface area contributed by atoms with Crippen LogP contribution >= 0.6 is 7.82 Å². The van der Waals surface area contributed by atoms with Crippen molar-refractivity contribution in [2.75, 3.05) is 234 Å². The number of esters is 3. The smallest absolute Gasteiger partial charge is 0.311 e. The van der Waals surface area contributed by atoms with Gasteiger partial charge in [0.25, 0.3) is 7.82 Å². The highest BCUT2D eigenvalue weighted by Crippen LogP contribution is 2.38. The molecule has 0 rings (SSSR count). The number of carboxylic acids is 2. The van der Waals surface area contributed by atoms with Gasteiger partial charge in [0.05, 0.1) is 165 Å². The Bertz CT molecular complexity index is 3060. The van der Waals surface area contributed by atoms with Crippen molar-refractivity contribution < 1.29 is 130 Å². The van der Waals surface area contributed by atoms with E-state index >= 15 is 0 Å². The molecular weight excluding hydrogens is 1500 g/mol. The summed E-state index contributed by atoms with van der Waals surface area (Å²) in [6, 6.07) is 0. The molecule has 2 unspecified atom stereocenters. The first kappa shape index (κ1) is 117. The molecule has 0 fully saturated rings. The number of rotatable bonds is 42. The number of amides is 3. The van der Waals surface area contributed by atoms with Gasteiger partial charge in [-0.05, 0) is 68.7 Å². The summed E-state index contributed by atoms with van der Waals surface area (Å²) in [6.45, 7) is 44.1. The van der Waals surface area contributed by atoms with E-state index in [2.05, 4.69) is 54.5 Å². The fraction of sp³-hybridized carbons (Fsp3) is 0.870. The van der Waals surface area contributed by atoms with Crippen molar-refractivity contribution in [3.05, 3.63) is 0 Å². The maximum absolute atomic E-state index is 11.7. The molecule has 34 heteroatoms. The molecule has 0 radical (unpaired) electrons. The molecule has 0 heterocycles. The molecule has 0 saturated carbocycles. The molecule has 0 saturated heterocycles. The van der Waals surface area contributed by atoms with E-state index in [1.54, 1.807) is 27.7 Å². The van der Waals surface area contributed by atoms with Crippen LogP contribution in [-0.4, -0.2) is 337 Å². The molecule has 0 bridgehead atoms. The Kier molecular flexibility index (Phi) is 54.9. The number of carboxylic acid groups (broad SMARTS) is 2. The minimum absolute atomic E-state index is 0.00673. The second-order valence-corrected chi connectivity index (χ2v) is 44.5. The molecule has 31 nitrogen and oxygen atoms in total. The Hall–Kier alpha value is -4.77. The Labute approximate surface area is 672 Å². The number of carbonyl (C=O) groups excluding carboxylic acids is 9. The van der Waals surface area contributed by atoms with Crippen molar-refractivity contribution in [1.29, 1.82) is 0 Å². The topological polar surface area (TPSA) is 396 Å². The van der Waals surface area contributed by atoms with E-state index in [1.165, 1.54) is 6.26 Å². The number of hydrogen-bond donors (Lipinski definition) is 3. The quantitative estimate of drug-likeness (QED) is 0.0197. The van der Waals surface area contributed by atoms with Crippen molar-refractivity contribution in [3.63, 3.8) is 0 Å². The van der Waals surface area contributed by atoms with Gasteiger partial charge in [-0.25, -0.2) is 8.42 Å². The van der Waals surface area contributed by atoms with Crippen LogP contribution in [0.5, 0.6) is 0 Å². The summed E-state index contributed by atoms with van der Waals surface area (Å²) in [5.74, 6) is 0.874. The zero-order chi connectivity index (χ0) is 89.2. The lowest BCUT2D eigenvalue weighted by atomic mass is 9.96. The number of nitrogens with one attached hydrogen (secondary N) is 3. The number of Topliss-reactive ketones (excluding diaryl/α,β-unsaturated/α-hetero) is 1. The fourth-order valence-electron chi connectivity index (χ4n) is 8.65. The van der Waals surface area contributed by atoms with Crippen molar-refractivity contribution in [1.82, 2.24) is 16.0 Å². The first-order valence-corrected chi connectivity index (χ1v) is 43.5. The normalized spacial score (nSPS) is 13.7. The van der Waals surface area contributed by atoms with E-state index in [-0.39, 0.29) is 96.0 Å². The number of phosphoric acid groups is 1. The number of carbonyl (C=O) groups is 9. The lowest BCUT2D eigenvalue weighted by Crippen LogP contribution is -2.49. The van der Waals surface area contributed by atoms with Gasteiger partial charge >= 0.3 is 17.9 Å². The third-order valence-corrected chi connectivity index (χ3v) is 18.8. The summed E-state index contributed by atoms with van der Waals surface area (Å²) in [4.78, 5) is 113. The lowest BCUT2D eigenvalue weighted by molar-refractivity contribution is -0.890. The third-order valence-electron chi connectivity index (χ3n) is 15.8. The largest absolute Gasteiger partial charge is 0.778 e. The number of nitrogens with zero attached hydrogens (tertiary/aromatic N) is 6. The predicted molar refractivity (Wildman–Crippen MR) is 434 cm³/mol. The van der Waals surface area contributed by atoms with Crippen LogP contribution in [0.2, 0.25) is 0 Å². The van der Waals surface area contributed by atoms with Crippen LogP contribution in [0.3, 0.4) is 0 Å². The second kappa shape index (κ2) is 52.0. The number of likely N-dealkylation sites (N-methyl/N-ethyl adjacent to an activating group) is 4. The van der Waals surface area contributed by atoms with E-state index in [0.717, 1.165) is 54.4 Å². The first-order chi connectivity index (χ1) is 49.1. The van der Waals surface area contributed by atoms with Crippen LogP contribution in [0.25, 0.3) is 0 Å². The van der Waals surface area contributed by atoms with E-state index in [1.807, 2.05) is 167 Å². The van der Waals surface area contributed by atoms with Crippen molar-refractivity contribution >= 4 is 86.7 Å². The van der Waals surface area contributed by atoms with Crippen molar-refractivity contribution in [3.8, 4) is 0 Å². The molecule has 0 aromatic carbocycles. The van der Waals surface area contributed by atoms with Crippen LogP contribution in [0, 0.1) is 32.5 Å². The fourth-order valence-corrected chi connectivity index (χ4v) is 10.6. The highest BCUT2D eigenvalue weighted by molar-refractivity contribution is 7.95. The Morgan fingerprint density at radius 1 is 0.387 bits per heavy atom. The molecule has 2 atom stereocenters. The minimum Gasteiger partial charge on any atom is -0.778 e. The van der Waals surface area contributed by atoms with Crippen molar-refractivity contribution in [2.45, 2.75) is 176 Å². The molecule has 0 spiro atoms. The van der Waals surface area contributed by atoms with E-state index in [4.69, 9.17) is 18.7 Å². The Morgan fingerprint density at radius 3 is 0.973 bits per heavy atom. The number of sulfone groups is 1. The van der Waals surface area contributed by atoms with Gasteiger partial charge < -0.3 is 95.4 Å². The zero-order valence-electron chi connectivity index (χ0n) is 75.4. The highest BCUT2D eigenvalue weighted by atomic mass is 32.2. The average molecular weight is 1660 g/mol. The molecule has 0 aromatic heterocycles. The van der Waals surface area contributed by atoms with Gasteiger partial charge in [-0.15, -0.1) is 0 Å². The molecular formula is C77H160N9O22PS2+2. The van der Waals surface area contributed by atoms with E-state index < -0.39 is 61.6 Å². The summed E-state index contributed by atoms with van der Waals surface area (Å²) >= 11 is 0. The van der Waals surface area contributed by atoms with Gasteiger partial charge in [0, 0.05) is 99.3 Å². The van der Waals surface area contributed by atoms with Gasteiger partial charge in [0.2, 0.25) is 17.7 Å². The lowest BCUT2D eigenvalue weighted by Gasteiger charge is -2.30. The van der Waals surface area contributed by atoms with Crippen LogP contribution in [0.4, 0.5) is 0 Å². The summed E-state index contributed by atoms with van der Waals surface area (Å²) < 4.78 is 83.7. The maximum Gasteiger partial charge on any atom is 0.311 e. The summed E-state index contributed by atoms with van der Waals surface area (Å²) in [5.41, 5.74) is -2.65. The maximum atomic E-state index is 11.7.